The number of nitrogens with one attached hydrogen (secondary N) is 1. The smallest absolute Gasteiger partial charge is 0.259 e. The molecule has 0 aliphatic carbocycles. The van der Waals surface area contributed by atoms with Crippen LogP contribution in [0.25, 0.3) is 0 Å². The molecule has 0 saturated carbocycles. The minimum absolute atomic E-state index is 0.106. The first-order chi connectivity index (χ1) is 12.1. The SMILES string of the molecule is CC(C)c1nnc(COc2ccccc2C(=O)Nc2ccccc2)o1. The topological polar surface area (TPSA) is 77.2 Å². The van der Waals surface area contributed by atoms with Gasteiger partial charge in [0.15, 0.2) is 6.61 Å². The molecule has 0 aliphatic heterocycles. The molecule has 0 aliphatic rings. The Balaban J connectivity index is 1.70. The van der Waals surface area contributed by atoms with Crippen molar-refractivity contribution in [2.75, 3.05) is 5.32 Å². The van der Waals surface area contributed by atoms with Crippen LogP contribution in [0.15, 0.2) is 59.0 Å². The Morgan fingerprint density at radius 1 is 1.08 bits per heavy atom. The highest BCUT2D eigenvalue weighted by atomic mass is 16.5. The Morgan fingerprint density at radius 3 is 2.52 bits per heavy atom. The Kier molecular flexibility index (Phi) is 5.09. The van der Waals surface area contributed by atoms with Crippen molar-refractivity contribution in [3.05, 3.63) is 71.9 Å². The van der Waals surface area contributed by atoms with E-state index in [-0.39, 0.29) is 18.4 Å². The van der Waals surface area contributed by atoms with E-state index >= 15 is 0 Å². The van der Waals surface area contributed by atoms with E-state index in [2.05, 4.69) is 15.5 Å². The number of para-hydroxylation sites is 2. The molecule has 0 fully saturated rings. The zero-order chi connectivity index (χ0) is 17.6. The van der Waals surface area contributed by atoms with Gasteiger partial charge in [-0.2, -0.15) is 0 Å². The van der Waals surface area contributed by atoms with Gasteiger partial charge in [-0.05, 0) is 24.3 Å². The summed E-state index contributed by atoms with van der Waals surface area (Å²) in [6.07, 6.45) is 0. The molecule has 3 aromatic rings. The van der Waals surface area contributed by atoms with Crippen LogP contribution >= 0.6 is 0 Å². The summed E-state index contributed by atoms with van der Waals surface area (Å²) in [6.45, 7) is 4.05. The molecule has 6 nitrogen and oxygen atoms in total. The van der Waals surface area contributed by atoms with Crippen molar-refractivity contribution < 1.29 is 13.9 Å². The lowest BCUT2D eigenvalue weighted by molar-refractivity contribution is 0.102. The number of carbonyl (C=O) groups excluding carboxylic acids is 1. The monoisotopic (exact) mass is 337 g/mol. The van der Waals surface area contributed by atoms with Crippen LogP contribution in [0.1, 0.15) is 41.9 Å². The fourth-order valence-electron chi connectivity index (χ4n) is 2.20. The molecule has 1 heterocycles. The van der Waals surface area contributed by atoms with Gasteiger partial charge in [-0.3, -0.25) is 4.79 Å². The summed E-state index contributed by atoms with van der Waals surface area (Å²) in [5, 5.41) is 10.8. The number of rotatable bonds is 6. The van der Waals surface area contributed by atoms with Gasteiger partial charge in [-0.1, -0.05) is 44.2 Å². The maximum Gasteiger partial charge on any atom is 0.259 e. The van der Waals surface area contributed by atoms with Gasteiger partial charge in [0.05, 0.1) is 5.56 Å². The normalized spacial score (nSPS) is 10.7. The lowest BCUT2D eigenvalue weighted by Crippen LogP contribution is -2.13. The first-order valence-corrected chi connectivity index (χ1v) is 8.04. The van der Waals surface area contributed by atoms with Crippen molar-refractivity contribution in [2.24, 2.45) is 0 Å². The van der Waals surface area contributed by atoms with E-state index in [9.17, 15) is 4.79 Å². The number of hydrogen-bond acceptors (Lipinski definition) is 5. The number of anilines is 1. The van der Waals surface area contributed by atoms with Gasteiger partial charge in [0.1, 0.15) is 5.75 Å². The lowest BCUT2D eigenvalue weighted by atomic mass is 10.2. The quantitative estimate of drug-likeness (QED) is 0.735. The van der Waals surface area contributed by atoms with Crippen LogP contribution in [0.5, 0.6) is 5.75 Å². The van der Waals surface area contributed by atoms with Crippen LogP contribution in [0.2, 0.25) is 0 Å². The molecule has 0 atom stereocenters. The molecule has 128 valence electrons. The molecule has 6 heteroatoms. The van der Waals surface area contributed by atoms with Gasteiger partial charge in [0, 0.05) is 11.6 Å². The average Bonchev–Trinajstić information content (AvgIpc) is 3.10. The van der Waals surface area contributed by atoms with E-state index in [1.165, 1.54) is 0 Å². The van der Waals surface area contributed by atoms with Crippen LogP contribution in [-0.4, -0.2) is 16.1 Å². The summed E-state index contributed by atoms with van der Waals surface area (Å²) in [7, 11) is 0. The zero-order valence-corrected chi connectivity index (χ0v) is 14.1. The molecule has 1 N–H and O–H groups in total. The van der Waals surface area contributed by atoms with Gasteiger partial charge < -0.3 is 14.5 Å². The largest absolute Gasteiger partial charge is 0.483 e. The van der Waals surface area contributed by atoms with Gasteiger partial charge in [0.25, 0.3) is 11.8 Å². The minimum Gasteiger partial charge on any atom is -0.483 e. The summed E-state index contributed by atoms with van der Waals surface area (Å²) in [6, 6.07) is 16.3. The highest BCUT2D eigenvalue weighted by Crippen LogP contribution is 2.21. The van der Waals surface area contributed by atoms with Crippen molar-refractivity contribution in [2.45, 2.75) is 26.4 Å². The maximum absolute atomic E-state index is 12.5. The molecule has 0 unspecified atom stereocenters. The van der Waals surface area contributed by atoms with Crippen LogP contribution in [-0.2, 0) is 6.61 Å². The number of amides is 1. The van der Waals surface area contributed by atoms with Crippen LogP contribution in [0.4, 0.5) is 5.69 Å². The third-order valence-corrected chi connectivity index (χ3v) is 3.49. The van der Waals surface area contributed by atoms with Crippen LogP contribution < -0.4 is 10.1 Å². The molecule has 0 saturated heterocycles. The molecular weight excluding hydrogens is 318 g/mol. The minimum atomic E-state index is -0.241. The summed E-state index contributed by atoms with van der Waals surface area (Å²) in [5.74, 6) is 1.32. The van der Waals surface area contributed by atoms with Crippen molar-refractivity contribution >= 4 is 11.6 Å². The standard InChI is InChI=1S/C19H19N3O3/c1-13(2)19-22-21-17(25-19)12-24-16-11-7-6-10-15(16)18(23)20-14-8-4-3-5-9-14/h3-11,13H,12H2,1-2H3,(H,20,23). The predicted molar refractivity (Wildman–Crippen MR) is 93.6 cm³/mol. The Morgan fingerprint density at radius 2 is 1.80 bits per heavy atom. The summed E-state index contributed by atoms with van der Waals surface area (Å²) in [5.41, 5.74) is 1.16. The maximum atomic E-state index is 12.5. The number of nitrogens with zero attached hydrogens (tertiary/aromatic N) is 2. The lowest BCUT2D eigenvalue weighted by Gasteiger charge is -2.10. The molecule has 0 radical (unpaired) electrons. The summed E-state index contributed by atoms with van der Waals surface area (Å²) in [4.78, 5) is 12.5. The summed E-state index contributed by atoms with van der Waals surface area (Å²) >= 11 is 0. The zero-order valence-electron chi connectivity index (χ0n) is 14.1. The van der Waals surface area contributed by atoms with Crippen LogP contribution in [0.3, 0.4) is 0 Å². The third-order valence-electron chi connectivity index (χ3n) is 3.49. The molecule has 0 spiro atoms. The van der Waals surface area contributed by atoms with Crippen molar-refractivity contribution in [3.63, 3.8) is 0 Å². The molecule has 25 heavy (non-hydrogen) atoms. The number of hydrogen-bond donors (Lipinski definition) is 1. The summed E-state index contributed by atoms with van der Waals surface area (Å²) < 4.78 is 11.2. The van der Waals surface area contributed by atoms with Gasteiger partial charge in [-0.15, -0.1) is 10.2 Å². The highest BCUT2D eigenvalue weighted by molar-refractivity contribution is 6.06. The van der Waals surface area contributed by atoms with Crippen LogP contribution in [0, 0.1) is 0 Å². The van der Waals surface area contributed by atoms with E-state index < -0.39 is 0 Å². The van der Waals surface area contributed by atoms with Crippen molar-refractivity contribution in [1.82, 2.24) is 10.2 Å². The fourth-order valence-corrected chi connectivity index (χ4v) is 2.20. The van der Waals surface area contributed by atoms with E-state index in [4.69, 9.17) is 9.15 Å². The molecule has 1 amide bonds. The number of ether oxygens (including phenoxy) is 1. The van der Waals surface area contributed by atoms with Crippen molar-refractivity contribution in [1.29, 1.82) is 0 Å². The molecule has 1 aromatic heterocycles. The van der Waals surface area contributed by atoms with E-state index in [1.54, 1.807) is 18.2 Å². The van der Waals surface area contributed by atoms with E-state index in [0.29, 0.717) is 23.1 Å². The molecule has 0 bridgehead atoms. The third kappa shape index (κ3) is 4.23. The number of aromatic nitrogens is 2. The van der Waals surface area contributed by atoms with Crippen molar-refractivity contribution in [3.8, 4) is 5.75 Å². The van der Waals surface area contributed by atoms with E-state index in [1.807, 2.05) is 50.2 Å². The number of benzene rings is 2. The Hall–Kier alpha value is -3.15. The average molecular weight is 337 g/mol. The Bertz CT molecular complexity index is 844. The first kappa shape index (κ1) is 16.7. The highest BCUT2D eigenvalue weighted by Gasteiger charge is 2.14. The molecule has 3 rings (SSSR count). The predicted octanol–water partition coefficient (Wildman–Crippen LogP) is 4.02. The molecule has 2 aromatic carbocycles. The second-order valence-electron chi connectivity index (χ2n) is 5.79. The molecular formula is C19H19N3O3. The van der Waals surface area contributed by atoms with E-state index in [0.717, 1.165) is 5.69 Å². The van der Waals surface area contributed by atoms with Gasteiger partial charge in [0.2, 0.25) is 5.89 Å². The number of carbonyl (C=O) groups is 1. The van der Waals surface area contributed by atoms with Gasteiger partial charge in [-0.25, -0.2) is 0 Å². The fraction of sp³-hybridized carbons (Fsp3) is 0.211. The van der Waals surface area contributed by atoms with Gasteiger partial charge >= 0.3 is 0 Å². The second-order valence-corrected chi connectivity index (χ2v) is 5.79. The Labute approximate surface area is 145 Å². The first-order valence-electron chi connectivity index (χ1n) is 8.04. The second kappa shape index (κ2) is 7.61.